The normalized spacial score (nSPS) is 14.2. The number of carbonyl (C=O) groups is 2. The number of amides is 3. The zero-order valence-corrected chi connectivity index (χ0v) is 16.8. The molecule has 1 aliphatic rings. The first-order valence-corrected chi connectivity index (χ1v) is 9.83. The average molecular weight is 397 g/mol. The highest BCUT2D eigenvalue weighted by Crippen LogP contribution is 2.24. The maximum atomic E-state index is 12.6. The molecular formula is C22H27N3O4. The molecule has 0 saturated carbocycles. The fourth-order valence-corrected chi connectivity index (χ4v) is 3.28. The molecule has 1 heterocycles. The Bertz CT molecular complexity index is 830. The number of anilines is 1. The second-order valence-corrected chi connectivity index (χ2v) is 6.82. The minimum absolute atomic E-state index is 0.0457. The lowest BCUT2D eigenvalue weighted by Gasteiger charge is -2.32. The van der Waals surface area contributed by atoms with Crippen LogP contribution in [0.15, 0.2) is 48.5 Å². The average Bonchev–Trinajstić information content (AvgIpc) is 2.76. The summed E-state index contributed by atoms with van der Waals surface area (Å²) in [6, 6.07) is 14.3. The van der Waals surface area contributed by atoms with Crippen molar-refractivity contribution >= 4 is 17.6 Å². The smallest absolute Gasteiger partial charge is 0.321 e. The predicted octanol–water partition coefficient (Wildman–Crippen LogP) is 3.52. The second-order valence-electron chi connectivity index (χ2n) is 6.82. The van der Waals surface area contributed by atoms with Crippen LogP contribution >= 0.6 is 0 Å². The molecule has 2 aromatic carbocycles. The lowest BCUT2D eigenvalue weighted by Crippen LogP contribution is -2.47. The van der Waals surface area contributed by atoms with Crippen molar-refractivity contribution in [1.29, 1.82) is 0 Å². The fraction of sp³-hybridized carbons (Fsp3) is 0.364. The van der Waals surface area contributed by atoms with Crippen molar-refractivity contribution in [2.24, 2.45) is 0 Å². The standard InChI is InChI=1S/C22H27N3O4/c1-3-29-20-7-5-4-6-19(20)24-22(27)25-14-12-17(13-15-25)23-21(26)16-8-10-18(28-2)11-9-16/h4-11,17H,3,12-15H2,1-2H3,(H,23,26)(H,24,27). The zero-order valence-electron chi connectivity index (χ0n) is 16.8. The van der Waals surface area contributed by atoms with Crippen LogP contribution in [0.3, 0.4) is 0 Å². The molecule has 29 heavy (non-hydrogen) atoms. The predicted molar refractivity (Wildman–Crippen MR) is 112 cm³/mol. The topological polar surface area (TPSA) is 79.9 Å². The molecule has 1 saturated heterocycles. The van der Waals surface area contributed by atoms with E-state index in [-0.39, 0.29) is 18.0 Å². The van der Waals surface area contributed by atoms with Crippen molar-refractivity contribution in [3.05, 3.63) is 54.1 Å². The van der Waals surface area contributed by atoms with E-state index in [0.29, 0.717) is 55.3 Å². The highest BCUT2D eigenvalue weighted by Gasteiger charge is 2.24. The number of ether oxygens (including phenoxy) is 2. The van der Waals surface area contributed by atoms with Gasteiger partial charge in [-0.2, -0.15) is 0 Å². The number of urea groups is 1. The van der Waals surface area contributed by atoms with Gasteiger partial charge in [0.2, 0.25) is 0 Å². The number of methoxy groups -OCH3 is 1. The van der Waals surface area contributed by atoms with Gasteiger partial charge in [0.25, 0.3) is 5.91 Å². The van der Waals surface area contributed by atoms with Gasteiger partial charge in [0.05, 0.1) is 19.4 Å². The number of nitrogens with one attached hydrogen (secondary N) is 2. The summed E-state index contributed by atoms with van der Waals surface area (Å²) in [6.07, 6.45) is 1.42. The summed E-state index contributed by atoms with van der Waals surface area (Å²) in [7, 11) is 1.59. The number of likely N-dealkylation sites (tertiary alicyclic amines) is 1. The van der Waals surface area contributed by atoms with Gasteiger partial charge in [-0.15, -0.1) is 0 Å². The van der Waals surface area contributed by atoms with Crippen molar-refractivity contribution in [3.8, 4) is 11.5 Å². The molecule has 1 fully saturated rings. The van der Waals surface area contributed by atoms with Gasteiger partial charge >= 0.3 is 6.03 Å². The largest absolute Gasteiger partial charge is 0.497 e. The van der Waals surface area contributed by atoms with Gasteiger partial charge in [-0.3, -0.25) is 4.79 Å². The molecule has 3 rings (SSSR count). The van der Waals surface area contributed by atoms with Crippen LogP contribution in [0, 0.1) is 0 Å². The van der Waals surface area contributed by atoms with Gasteiger partial charge in [-0.25, -0.2) is 4.79 Å². The summed E-state index contributed by atoms with van der Waals surface area (Å²) in [4.78, 5) is 26.8. The molecule has 0 unspecified atom stereocenters. The highest BCUT2D eigenvalue weighted by atomic mass is 16.5. The summed E-state index contributed by atoms with van der Waals surface area (Å²) < 4.78 is 10.7. The van der Waals surface area contributed by atoms with Crippen LogP contribution in [0.4, 0.5) is 10.5 Å². The molecule has 7 heteroatoms. The molecule has 7 nitrogen and oxygen atoms in total. The van der Waals surface area contributed by atoms with E-state index in [1.165, 1.54) is 0 Å². The first-order chi connectivity index (χ1) is 14.1. The van der Waals surface area contributed by atoms with Crippen LogP contribution in [-0.2, 0) is 0 Å². The van der Waals surface area contributed by atoms with Gasteiger partial charge in [0.15, 0.2) is 0 Å². The first kappa shape index (κ1) is 20.5. The number of benzene rings is 2. The Balaban J connectivity index is 1.49. The molecular weight excluding hydrogens is 370 g/mol. The van der Waals surface area contributed by atoms with Crippen molar-refractivity contribution in [2.75, 3.05) is 32.1 Å². The van der Waals surface area contributed by atoms with Crippen LogP contribution in [0.25, 0.3) is 0 Å². The van der Waals surface area contributed by atoms with E-state index >= 15 is 0 Å². The second kappa shape index (κ2) is 9.82. The number of rotatable bonds is 6. The summed E-state index contributed by atoms with van der Waals surface area (Å²) in [6.45, 7) is 3.60. The third-order valence-electron chi connectivity index (χ3n) is 4.90. The summed E-state index contributed by atoms with van der Waals surface area (Å²) in [5.41, 5.74) is 1.26. The van der Waals surface area contributed by atoms with E-state index < -0.39 is 0 Å². The van der Waals surface area contributed by atoms with E-state index in [0.717, 1.165) is 0 Å². The first-order valence-electron chi connectivity index (χ1n) is 9.83. The zero-order chi connectivity index (χ0) is 20.6. The molecule has 154 valence electrons. The number of para-hydroxylation sites is 2. The third kappa shape index (κ3) is 5.40. The Labute approximate surface area is 171 Å². The SMILES string of the molecule is CCOc1ccccc1NC(=O)N1CCC(NC(=O)c2ccc(OC)cc2)CC1. The Kier molecular flexibility index (Phi) is 6.94. The van der Waals surface area contributed by atoms with Gasteiger partial charge in [0.1, 0.15) is 11.5 Å². The van der Waals surface area contributed by atoms with Crippen LogP contribution in [0.1, 0.15) is 30.1 Å². The van der Waals surface area contributed by atoms with Crippen LogP contribution in [0.2, 0.25) is 0 Å². The molecule has 0 spiro atoms. The molecule has 0 bridgehead atoms. The molecule has 0 aliphatic carbocycles. The molecule has 1 aliphatic heterocycles. The number of hydrogen-bond donors (Lipinski definition) is 2. The van der Waals surface area contributed by atoms with E-state index in [9.17, 15) is 9.59 Å². The van der Waals surface area contributed by atoms with Crippen LogP contribution < -0.4 is 20.1 Å². The molecule has 0 atom stereocenters. The number of piperidine rings is 1. The molecule has 2 N–H and O–H groups in total. The number of nitrogens with zero attached hydrogens (tertiary/aromatic N) is 1. The number of carbonyl (C=O) groups excluding carboxylic acids is 2. The summed E-state index contributed by atoms with van der Waals surface area (Å²) in [5.74, 6) is 1.26. The van der Waals surface area contributed by atoms with Crippen molar-refractivity contribution in [2.45, 2.75) is 25.8 Å². The quantitative estimate of drug-likeness (QED) is 0.782. The third-order valence-corrected chi connectivity index (χ3v) is 4.90. The fourth-order valence-electron chi connectivity index (χ4n) is 3.28. The Morgan fingerprint density at radius 2 is 1.76 bits per heavy atom. The van der Waals surface area contributed by atoms with Crippen molar-refractivity contribution in [3.63, 3.8) is 0 Å². The Hall–Kier alpha value is -3.22. The minimum atomic E-state index is -0.155. The molecule has 3 amide bonds. The molecule has 0 radical (unpaired) electrons. The molecule has 0 aromatic heterocycles. The van der Waals surface area contributed by atoms with Gasteiger partial charge in [0, 0.05) is 24.7 Å². The lowest BCUT2D eigenvalue weighted by molar-refractivity contribution is 0.0919. The van der Waals surface area contributed by atoms with E-state index in [1.54, 1.807) is 36.3 Å². The summed E-state index contributed by atoms with van der Waals surface area (Å²) >= 11 is 0. The Morgan fingerprint density at radius 3 is 2.41 bits per heavy atom. The van der Waals surface area contributed by atoms with Crippen molar-refractivity contribution < 1.29 is 19.1 Å². The van der Waals surface area contributed by atoms with Crippen LogP contribution in [-0.4, -0.2) is 49.7 Å². The maximum Gasteiger partial charge on any atom is 0.321 e. The minimum Gasteiger partial charge on any atom is -0.497 e. The molecule has 2 aromatic rings. The summed E-state index contributed by atoms with van der Waals surface area (Å²) in [5, 5.41) is 5.97. The van der Waals surface area contributed by atoms with E-state index in [2.05, 4.69) is 10.6 Å². The number of hydrogen-bond acceptors (Lipinski definition) is 4. The van der Waals surface area contributed by atoms with Gasteiger partial charge in [-0.1, -0.05) is 12.1 Å². The monoisotopic (exact) mass is 397 g/mol. The Morgan fingerprint density at radius 1 is 1.07 bits per heavy atom. The van der Waals surface area contributed by atoms with E-state index in [1.807, 2.05) is 31.2 Å². The lowest BCUT2D eigenvalue weighted by atomic mass is 10.0. The van der Waals surface area contributed by atoms with Crippen molar-refractivity contribution in [1.82, 2.24) is 10.2 Å². The van der Waals surface area contributed by atoms with Gasteiger partial charge in [-0.05, 0) is 56.2 Å². The van der Waals surface area contributed by atoms with Gasteiger partial charge < -0.3 is 25.0 Å². The van der Waals surface area contributed by atoms with E-state index in [4.69, 9.17) is 9.47 Å². The maximum absolute atomic E-state index is 12.6. The highest BCUT2D eigenvalue weighted by molar-refractivity contribution is 5.94. The van der Waals surface area contributed by atoms with Crippen LogP contribution in [0.5, 0.6) is 11.5 Å².